The number of para-hydroxylation sites is 4. The molecule has 0 aliphatic heterocycles. The standard InChI is InChI=1S/C38H31N4O.Pt/c1-38(2,3)27-23-26(24-29(25-27)41(28-13-5-4-6-14-28)36-19-11-12-22-39-36)32-21-20-31-30-15-7-8-16-33(30)42(37(31)40-32)34-17-9-10-18-35(34)43;/h4-23,25,43H,1-3H3;/q-1;. The Morgan fingerprint density at radius 3 is 2.23 bits per heavy atom. The minimum Gasteiger partial charge on any atom is -0.506 e. The molecule has 0 radical (unpaired) electrons. The smallest absolute Gasteiger partial charge is 0.139 e. The van der Waals surface area contributed by atoms with Crippen LogP contribution in [-0.2, 0) is 26.5 Å². The van der Waals surface area contributed by atoms with Crippen LogP contribution in [0.2, 0.25) is 0 Å². The van der Waals surface area contributed by atoms with Crippen LogP contribution in [0.25, 0.3) is 38.9 Å². The Labute approximate surface area is 271 Å². The van der Waals surface area contributed by atoms with Gasteiger partial charge in [0.05, 0.1) is 11.2 Å². The normalized spacial score (nSPS) is 11.4. The molecule has 0 bridgehead atoms. The van der Waals surface area contributed by atoms with Crippen LogP contribution in [0.3, 0.4) is 0 Å². The molecular weight excluding hydrogens is 724 g/mol. The molecule has 0 fully saturated rings. The molecule has 0 saturated carbocycles. The summed E-state index contributed by atoms with van der Waals surface area (Å²) in [5.41, 5.74) is 7.06. The van der Waals surface area contributed by atoms with Gasteiger partial charge in [-0.25, -0.2) is 4.98 Å². The predicted octanol–water partition coefficient (Wildman–Crippen LogP) is 9.51. The van der Waals surface area contributed by atoms with Gasteiger partial charge in [-0.3, -0.25) is 9.55 Å². The maximum atomic E-state index is 10.9. The molecule has 4 aromatic carbocycles. The first-order valence-electron chi connectivity index (χ1n) is 14.4. The van der Waals surface area contributed by atoms with Gasteiger partial charge in [0, 0.05) is 43.7 Å². The molecule has 0 amide bonds. The van der Waals surface area contributed by atoms with Crippen molar-refractivity contribution in [2.75, 3.05) is 4.90 Å². The number of pyridine rings is 2. The molecule has 3 heterocycles. The van der Waals surface area contributed by atoms with Gasteiger partial charge in [0.25, 0.3) is 0 Å². The molecule has 1 N–H and O–H groups in total. The van der Waals surface area contributed by atoms with Crippen molar-refractivity contribution in [3.63, 3.8) is 0 Å². The van der Waals surface area contributed by atoms with Gasteiger partial charge in [-0.15, -0.1) is 29.3 Å². The molecule has 44 heavy (non-hydrogen) atoms. The van der Waals surface area contributed by atoms with Crippen molar-refractivity contribution in [1.29, 1.82) is 0 Å². The van der Waals surface area contributed by atoms with Crippen molar-refractivity contribution >= 4 is 39.1 Å². The zero-order chi connectivity index (χ0) is 29.6. The molecule has 0 saturated heterocycles. The number of anilines is 3. The van der Waals surface area contributed by atoms with Crippen LogP contribution in [0.15, 0.2) is 128 Å². The molecule has 0 atom stereocenters. The third-order valence-electron chi connectivity index (χ3n) is 7.78. The van der Waals surface area contributed by atoms with E-state index in [0.29, 0.717) is 5.69 Å². The van der Waals surface area contributed by atoms with Crippen LogP contribution in [0.1, 0.15) is 26.3 Å². The zero-order valence-corrected chi connectivity index (χ0v) is 26.9. The summed E-state index contributed by atoms with van der Waals surface area (Å²) in [6.07, 6.45) is 1.81. The van der Waals surface area contributed by atoms with Crippen molar-refractivity contribution in [2.24, 2.45) is 0 Å². The molecule has 220 valence electrons. The number of fused-ring (bicyclic) bond motifs is 3. The summed E-state index contributed by atoms with van der Waals surface area (Å²) in [5, 5.41) is 13.0. The molecule has 3 aromatic heterocycles. The van der Waals surface area contributed by atoms with E-state index < -0.39 is 0 Å². The summed E-state index contributed by atoms with van der Waals surface area (Å²) in [5.74, 6) is 1.01. The predicted molar refractivity (Wildman–Crippen MR) is 176 cm³/mol. The number of hydrogen-bond donors (Lipinski definition) is 1. The number of phenols is 1. The summed E-state index contributed by atoms with van der Waals surface area (Å²) < 4.78 is 2.04. The third kappa shape index (κ3) is 5.29. The molecule has 0 aliphatic carbocycles. The summed E-state index contributed by atoms with van der Waals surface area (Å²) in [4.78, 5) is 12.1. The number of hydrogen-bond acceptors (Lipinski definition) is 4. The second-order valence-corrected chi connectivity index (χ2v) is 11.7. The fraction of sp³-hybridized carbons (Fsp3) is 0.105. The van der Waals surface area contributed by atoms with Crippen LogP contribution in [-0.4, -0.2) is 19.6 Å². The van der Waals surface area contributed by atoms with E-state index in [-0.39, 0.29) is 32.2 Å². The van der Waals surface area contributed by atoms with Gasteiger partial charge in [-0.05, 0) is 59.3 Å². The van der Waals surface area contributed by atoms with Gasteiger partial charge in [0.1, 0.15) is 17.2 Å². The van der Waals surface area contributed by atoms with Gasteiger partial charge in [0.2, 0.25) is 0 Å². The maximum Gasteiger partial charge on any atom is 0.139 e. The quantitative estimate of drug-likeness (QED) is 0.178. The van der Waals surface area contributed by atoms with Crippen molar-refractivity contribution in [3.05, 3.63) is 139 Å². The third-order valence-corrected chi connectivity index (χ3v) is 7.78. The van der Waals surface area contributed by atoms with Crippen molar-refractivity contribution in [2.45, 2.75) is 26.2 Å². The molecule has 7 rings (SSSR count). The molecule has 0 aliphatic rings. The Balaban J connectivity index is 0.00000343. The van der Waals surface area contributed by atoms with E-state index in [0.717, 1.165) is 55.9 Å². The Hall–Kier alpha value is -4.73. The number of nitrogens with zero attached hydrogens (tertiary/aromatic N) is 4. The summed E-state index contributed by atoms with van der Waals surface area (Å²) in [7, 11) is 0. The number of phenolic OH excluding ortho intramolecular Hbond substituents is 1. The average molecular weight is 755 g/mol. The largest absolute Gasteiger partial charge is 0.506 e. The van der Waals surface area contributed by atoms with Crippen molar-refractivity contribution in [3.8, 4) is 22.7 Å². The number of aromatic hydroxyl groups is 1. The SMILES string of the molecule is CC(C)(C)c1cc(-c2ccc3c4ccccc4n(-c4ccccc4O)c3n2)[c-]c(N(c2ccccc2)c2ccccn2)c1.[Pt]. The van der Waals surface area contributed by atoms with Gasteiger partial charge < -0.3 is 10.0 Å². The van der Waals surface area contributed by atoms with Gasteiger partial charge in [-0.1, -0.05) is 87.5 Å². The topological polar surface area (TPSA) is 54.2 Å². The first kappa shape index (κ1) is 29.3. The minimum atomic E-state index is -0.125. The first-order valence-corrected chi connectivity index (χ1v) is 14.4. The molecule has 6 heteroatoms. The second kappa shape index (κ2) is 11.7. The van der Waals surface area contributed by atoms with Crippen molar-refractivity contribution in [1.82, 2.24) is 14.5 Å². The Bertz CT molecular complexity index is 2040. The van der Waals surface area contributed by atoms with Crippen LogP contribution in [0, 0.1) is 6.07 Å². The van der Waals surface area contributed by atoms with Gasteiger partial charge >= 0.3 is 0 Å². The van der Waals surface area contributed by atoms with E-state index in [2.05, 4.69) is 80.3 Å². The molecule has 0 unspecified atom stereocenters. The molecule has 0 spiro atoms. The maximum absolute atomic E-state index is 10.9. The summed E-state index contributed by atoms with van der Waals surface area (Å²) in [6.45, 7) is 6.66. The average Bonchev–Trinajstić information content (AvgIpc) is 3.35. The van der Waals surface area contributed by atoms with Crippen LogP contribution < -0.4 is 4.90 Å². The van der Waals surface area contributed by atoms with Crippen LogP contribution >= 0.6 is 0 Å². The Morgan fingerprint density at radius 2 is 1.48 bits per heavy atom. The molecule has 7 aromatic rings. The van der Waals surface area contributed by atoms with E-state index in [9.17, 15) is 5.11 Å². The van der Waals surface area contributed by atoms with E-state index in [4.69, 9.17) is 9.97 Å². The Kier molecular flexibility index (Phi) is 7.83. The van der Waals surface area contributed by atoms with Crippen molar-refractivity contribution < 1.29 is 26.2 Å². The monoisotopic (exact) mass is 754 g/mol. The van der Waals surface area contributed by atoms with E-state index in [1.807, 2.05) is 77.5 Å². The molecule has 5 nitrogen and oxygen atoms in total. The second-order valence-electron chi connectivity index (χ2n) is 11.7. The number of benzene rings is 4. The zero-order valence-electron chi connectivity index (χ0n) is 24.7. The van der Waals surface area contributed by atoms with E-state index in [1.165, 1.54) is 0 Å². The molecular formula is C38H31N4OPt-. The van der Waals surface area contributed by atoms with Crippen LogP contribution in [0.5, 0.6) is 5.75 Å². The first-order chi connectivity index (χ1) is 20.9. The van der Waals surface area contributed by atoms with E-state index >= 15 is 0 Å². The van der Waals surface area contributed by atoms with Gasteiger partial charge in [-0.2, -0.15) is 0 Å². The van der Waals surface area contributed by atoms with Gasteiger partial charge in [0.15, 0.2) is 0 Å². The minimum absolute atomic E-state index is 0. The van der Waals surface area contributed by atoms with E-state index in [1.54, 1.807) is 6.07 Å². The fourth-order valence-corrected chi connectivity index (χ4v) is 5.59. The summed E-state index contributed by atoms with van der Waals surface area (Å²) >= 11 is 0. The number of rotatable bonds is 5. The fourth-order valence-electron chi connectivity index (χ4n) is 5.59. The summed E-state index contributed by atoms with van der Waals surface area (Å²) in [6, 6.07) is 44.1. The Morgan fingerprint density at radius 1 is 0.750 bits per heavy atom. The van der Waals surface area contributed by atoms with Crippen LogP contribution in [0.4, 0.5) is 17.2 Å². The number of aromatic nitrogens is 3.